The third-order valence-corrected chi connectivity index (χ3v) is 9.21. The number of likely N-dealkylation sites (tertiary alicyclic amines) is 1. The number of benzene rings is 2. The third-order valence-electron chi connectivity index (χ3n) is 7.40. The van der Waals surface area contributed by atoms with E-state index < -0.39 is 15.6 Å². The van der Waals surface area contributed by atoms with Gasteiger partial charge in [0.1, 0.15) is 5.60 Å². The van der Waals surface area contributed by atoms with E-state index in [-0.39, 0.29) is 47.9 Å². The van der Waals surface area contributed by atoms with Crippen LogP contribution in [0.1, 0.15) is 48.0 Å². The van der Waals surface area contributed by atoms with Crippen molar-refractivity contribution in [2.45, 2.75) is 50.4 Å². The van der Waals surface area contributed by atoms with Gasteiger partial charge in [-0.2, -0.15) is 9.57 Å². The van der Waals surface area contributed by atoms with E-state index in [4.69, 9.17) is 10.00 Å². The fourth-order valence-electron chi connectivity index (χ4n) is 5.16. The van der Waals surface area contributed by atoms with Crippen LogP contribution in [0.4, 0.5) is 4.79 Å². The second-order valence-electron chi connectivity index (χ2n) is 11.6. The van der Waals surface area contributed by atoms with Gasteiger partial charge in [-0.25, -0.2) is 13.2 Å². The molecule has 3 aromatic rings. The minimum Gasteiger partial charge on any atom is -0.444 e. The van der Waals surface area contributed by atoms with Crippen LogP contribution in [0.2, 0.25) is 0 Å². The van der Waals surface area contributed by atoms with Crippen LogP contribution in [0.15, 0.2) is 77.8 Å². The molecule has 0 spiro atoms. The lowest BCUT2D eigenvalue weighted by atomic mass is 10.1. The average Bonchev–Trinajstić information content (AvgIpc) is 3.38. The molecule has 2 fully saturated rings. The highest BCUT2D eigenvalue weighted by molar-refractivity contribution is 7.89. The van der Waals surface area contributed by atoms with Gasteiger partial charge < -0.3 is 15.0 Å². The number of carbonyl (C=O) groups excluding carboxylic acids is 2. The minimum atomic E-state index is -3.92. The standard InChI is InChI=1S/C31H33N5O5S/c1-31(2,3)41-30(38)35-19-26-27(20-35)28(26)34-29(37)23-11-7-22(8-12-23)17-36(18-24-6-4-5-15-33-24)42(39,40)25-13-9-21(16-32)10-14-25/h4-15,26-28H,17-20H2,1-3H3,(H,34,37)/t26-,27+,28?. The Morgan fingerprint density at radius 2 is 1.69 bits per heavy atom. The number of hydrogen-bond donors (Lipinski definition) is 1. The van der Waals surface area contributed by atoms with Crippen LogP contribution < -0.4 is 5.32 Å². The number of nitrogens with one attached hydrogen (secondary N) is 1. The van der Waals surface area contributed by atoms with Gasteiger partial charge in [0.2, 0.25) is 10.0 Å². The van der Waals surface area contributed by atoms with E-state index in [1.165, 1.54) is 28.6 Å². The average molecular weight is 588 g/mol. The fraction of sp³-hybridized carbons (Fsp3) is 0.355. The Hall–Kier alpha value is -4.27. The molecular formula is C31H33N5O5S. The van der Waals surface area contributed by atoms with E-state index in [1.54, 1.807) is 53.6 Å². The SMILES string of the molecule is CC(C)(C)OC(=O)N1C[C@@H]2C(NC(=O)c3ccc(CN(Cc4ccccn4)S(=O)(=O)c4ccc(C#N)cc4)cc3)[C@@H]2C1. The second kappa shape index (κ2) is 11.5. The molecule has 1 aromatic heterocycles. The first-order valence-corrected chi connectivity index (χ1v) is 15.2. The summed E-state index contributed by atoms with van der Waals surface area (Å²) in [4.78, 5) is 31.3. The van der Waals surface area contributed by atoms with Crippen LogP contribution in [0.25, 0.3) is 0 Å². The van der Waals surface area contributed by atoms with Gasteiger partial charge in [-0.05, 0) is 74.9 Å². The maximum absolute atomic E-state index is 13.6. The summed E-state index contributed by atoms with van der Waals surface area (Å²) in [5, 5.41) is 12.2. The first-order valence-electron chi connectivity index (χ1n) is 13.7. The number of amides is 2. The van der Waals surface area contributed by atoms with Gasteiger partial charge >= 0.3 is 6.09 Å². The van der Waals surface area contributed by atoms with Crippen molar-refractivity contribution in [1.82, 2.24) is 19.5 Å². The molecule has 3 atom stereocenters. The van der Waals surface area contributed by atoms with Gasteiger partial charge in [-0.1, -0.05) is 18.2 Å². The minimum absolute atomic E-state index is 0.0160. The zero-order valence-corrected chi connectivity index (χ0v) is 24.5. The smallest absolute Gasteiger partial charge is 0.410 e. The first kappa shape index (κ1) is 29.2. The molecule has 1 saturated heterocycles. The number of carbonyl (C=O) groups is 2. The number of ether oxygens (including phenoxy) is 1. The summed E-state index contributed by atoms with van der Waals surface area (Å²) in [5.41, 5.74) is 1.59. The second-order valence-corrected chi connectivity index (χ2v) is 13.6. The Labute approximate surface area is 246 Å². The molecule has 1 unspecified atom stereocenters. The normalized spacial score (nSPS) is 19.6. The lowest BCUT2D eigenvalue weighted by molar-refractivity contribution is 0.0270. The Morgan fingerprint density at radius 1 is 1.02 bits per heavy atom. The van der Waals surface area contributed by atoms with Crippen LogP contribution in [0.5, 0.6) is 0 Å². The molecule has 2 aromatic carbocycles. The number of aromatic nitrogens is 1. The number of sulfonamides is 1. The van der Waals surface area contributed by atoms with Crippen molar-refractivity contribution < 1.29 is 22.7 Å². The molecule has 42 heavy (non-hydrogen) atoms. The highest BCUT2D eigenvalue weighted by atomic mass is 32.2. The maximum Gasteiger partial charge on any atom is 0.410 e. The van der Waals surface area contributed by atoms with Crippen LogP contribution in [-0.4, -0.2) is 59.3 Å². The lowest BCUT2D eigenvalue weighted by Crippen LogP contribution is -2.40. The van der Waals surface area contributed by atoms with E-state index >= 15 is 0 Å². The quantitative estimate of drug-likeness (QED) is 0.422. The molecule has 1 aliphatic carbocycles. The largest absolute Gasteiger partial charge is 0.444 e. The van der Waals surface area contributed by atoms with Crippen LogP contribution in [-0.2, 0) is 27.8 Å². The molecule has 218 valence electrons. The van der Waals surface area contributed by atoms with E-state index in [0.29, 0.717) is 35.5 Å². The number of piperidine rings is 1. The predicted molar refractivity (Wildman–Crippen MR) is 154 cm³/mol. The first-order chi connectivity index (χ1) is 19.9. The summed E-state index contributed by atoms with van der Waals surface area (Å²) >= 11 is 0. The zero-order valence-electron chi connectivity index (χ0n) is 23.7. The van der Waals surface area contributed by atoms with Gasteiger partial charge in [0.05, 0.1) is 28.8 Å². The molecule has 0 bridgehead atoms. The highest BCUT2D eigenvalue weighted by Gasteiger charge is 2.58. The molecule has 1 N–H and O–H groups in total. The van der Waals surface area contributed by atoms with E-state index in [0.717, 1.165) is 0 Å². The van der Waals surface area contributed by atoms with E-state index in [9.17, 15) is 18.0 Å². The van der Waals surface area contributed by atoms with E-state index in [2.05, 4.69) is 10.3 Å². The van der Waals surface area contributed by atoms with Gasteiger partial charge in [0.25, 0.3) is 5.91 Å². The fourth-order valence-corrected chi connectivity index (χ4v) is 6.56. The third kappa shape index (κ3) is 6.61. The van der Waals surface area contributed by atoms with Crippen molar-refractivity contribution in [3.05, 3.63) is 95.3 Å². The monoisotopic (exact) mass is 587 g/mol. The Bertz CT molecular complexity index is 1580. The topological polar surface area (TPSA) is 133 Å². The number of nitrogens with zero attached hydrogens (tertiary/aromatic N) is 4. The molecule has 2 heterocycles. The van der Waals surface area contributed by atoms with Gasteiger partial charge in [0, 0.05) is 49.3 Å². The molecule has 1 aliphatic heterocycles. The van der Waals surface area contributed by atoms with Crippen LogP contribution in [0.3, 0.4) is 0 Å². The summed E-state index contributed by atoms with van der Waals surface area (Å²) in [7, 11) is -3.92. The van der Waals surface area contributed by atoms with Crippen molar-refractivity contribution in [3.63, 3.8) is 0 Å². The predicted octanol–water partition coefficient (Wildman–Crippen LogP) is 3.94. The van der Waals surface area contributed by atoms with Crippen LogP contribution >= 0.6 is 0 Å². The molecule has 0 radical (unpaired) electrons. The van der Waals surface area contributed by atoms with Crippen molar-refractivity contribution >= 4 is 22.0 Å². The Kier molecular flexibility index (Phi) is 8.03. The van der Waals surface area contributed by atoms with Gasteiger partial charge in [-0.15, -0.1) is 0 Å². The number of rotatable bonds is 8. The molecule has 2 aliphatic rings. The molecular weight excluding hydrogens is 554 g/mol. The molecule has 11 heteroatoms. The number of pyridine rings is 1. The van der Waals surface area contributed by atoms with Crippen LogP contribution in [0, 0.1) is 23.2 Å². The lowest BCUT2D eigenvalue weighted by Gasteiger charge is -2.26. The molecule has 10 nitrogen and oxygen atoms in total. The zero-order chi connectivity index (χ0) is 30.1. The highest BCUT2D eigenvalue weighted by Crippen LogP contribution is 2.46. The van der Waals surface area contributed by atoms with Crippen molar-refractivity contribution in [2.24, 2.45) is 11.8 Å². The van der Waals surface area contributed by atoms with E-state index in [1.807, 2.05) is 26.8 Å². The van der Waals surface area contributed by atoms with Crippen molar-refractivity contribution in [2.75, 3.05) is 13.1 Å². The summed E-state index contributed by atoms with van der Waals surface area (Å²) in [6.45, 7) is 6.74. The van der Waals surface area contributed by atoms with Crippen molar-refractivity contribution in [1.29, 1.82) is 5.26 Å². The summed E-state index contributed by atoms with van der Waals surface area (Å²) in [6, 6.07) is 20.0. The van der Waals surface area contributed by atoms with Gasteiger partial charge in [-0.3, -0.25) is 9.78 Å². The Balaban J connectivity index is 1.23. The molecule has 5 rings (SSSR count). The summed E-state index contributed by atoms with van der Waals surface area (Å²) in [5.74, 6) is 0.224. The molecule has 1 saturated carbocycles. The summed E-state index contributed by atoms with van der Waals surface area (Å²) < 4.78 is 34.0. The van der Waals surface area contributed by atoms with Gasteiger partial charge in [0.15, 0.2) is 0 Å². The Morgan fingerprint density at radius 3 is 2.26 bits per heavy atom. The van der Waals surface area contributed by atoms with Crippen molar-refractivity contribution in [3.8, 4) is 6.07 Å². The number of hydrogen-bond acceptors (Lipinski definition) is 7. The maximum atomic E-state index is 13.6. The number of fused-ring (bicyclic) bond motifs is 1. The number of nitriles is 1. The molecule has 2 amide bonds. The summed E-state index contributed by atoms with van der Waals surface area (Å²) in [6.07, 6.45) is 1.28.